The third-order valence-electron chi connectivity index (χ3n) is 3.34. The van der Waals surface area contributed by atoms with E-state index in [2.05, 4.69) is 5.32 Å². The molecule has 1 aromatic rings. The third-order valence-corrected chi connectivity index (χ3v) is 3.34. The number of amides is 1. The van der Waals surface area contributed by atoms with E-state index in [4.69, 9.17) is 0 Å². The second-order valence-electron chi connectivity index (χ2n) is 4.51. The number of rotatable bonds is 2. The Morgan fingerprint density at radius 2 is 2.24 bits per heavy atom. The first-order valence-electron chi connectivity index (χ1n) is 5.83. The molecule has 0 heterocycles. The summed E-state index contributed by atoms with van der Waals surface area (Å²) in [6.07, 6.45) is 1.66. The van der Waals surface area contributed by atoms with Crippen LogP contribution in [-0.2, 0) is 4.79 Å². The molecule has 1 saturated carbocycles. The van der Waals surface area contributed by atoms with Gasteiger partial charge in [-0.05, 0) is 38.3 Å². The molecule has 0 spiro atoms. The number of halogens is 1. The highest BCUT2D eigenvalue weighted by Crippen LogP contribution is 2.27. The van der Waals surface area contributed by atoms with Crippen molar-refractivity contribution in [2.45, 2.75) is 32.3 Å². The smallest absolute Gasteiger partial charge is 0.230 e. The monoisotopic (exact) mass is 237 g/mol. The molecule has 92 valence electrons. The first kappa shape index (κ1) is 12.0. The van der Waals surface area contributed by atoms with E-state index in [1.807, 2.05) is 0 Å². The van der Waals surface area contributed by atoms with Crippen LogP contribution < -0.4 is 5.32 Å². The Kier molecular flexibility index (Phi) is 3.43. The molecule has 0 aromatic heterocycles. The number of carbonyl (C=O) groups is 1. The molecule has 1 aliphatic rings. The highest BCUT2D eigenvalue weighted by atomic mass is 19.1. The number of hydrogen-bond acceptors (Lipinski definition) is 2. The third kappa shape index (κ3) is 2.47. The van der Waals surface area contributed by atoms with Crippen LogP contribution >= 0.6 is 0 Å². The maximum atomic E-state index is 13.3. The van der Waals surface area contributed by atoms with Crippen molar-refractivity contribution in [2.75, 3.05) is 5.32 Å². The Balaban J connectivity index is 2.10. The molecule has 1 aliphatic carbocycles. The number of anilines is 1. The van der Waals surface area contributed by atoms with Crippen LogP contribution in [0.15, 0.2) is 18.2 Å². The second kappa shape index (κ2) is 4.84. The number of carbonyl (C=O) groups excluding carboxylic acids is 1. The molecule has 0 bridgehead atoms. The molecule has 0 aliphatic heterocycles. The molecular formula is C13H16FNO2. The van der Waals surface area contributed by atoms with Crippen molar-refractivity contribution in [3.05, 3.63) is 29.6 Å². The van der Waals surface area contributed by atoms with Gasteiger partial charge in [0.15, 0.2) is 0 Å². The van der Waals surface area contributed by atoms with Crippen molar-refractivity contribution in [1.29, 1.82) is 0 Å². The fourth-order valence-corrected chi connectivity index (χ4v) is 2.21. The minimum Gasteiger partial charge on any atom is -0.392 e. The Bertz CT molecular complexity index is 433. The lowest BCUT2D eigenvalue weighted by Crippen LogP contribution is -2.28. The summed E-state index contributed by atoms with van der Waals surface area (Å²) in [6.45, 7) is 1.62. The highest BCUT2D eigenvalue weighted by molar-refractivity contribution is 5.93. The lowest BCUT2D eigenvalue weighted by atomic mass is 10.0. The van der Waals surface area contributed by atoms with Crippen LogP contribution in [0.4, 0.5) is 10.1 Å². The van der Waals surface area contributed by atoms with Crippen molar-refractivity contribution in [2.24, 2.45) is 5.92 Å². The van der Waals surface area contributed by atoms with Crippen LogP contribution in [0.2, 0.25) is 0 Å². The summed E-state index contributed by atoms with van der Waals surface area (Å²) in [5, 5.41) is 12.3. The summed E-state index contributed by atoms with van der Waals surface area (Å²) in [4.78, 5) is 11.9. The molecule has 1 aromatic carbocycles. The molecule has 4 heteroatoms. The maximum absolute atomic E-state index is 13.3. The lowest BCUT2D eigenvalue weighted by molar-refractivity contribution is -0.122. The Morgan fingerprint density at radius 1 is 1.47 bits per heavy atom. The van der Waals surface area contributed by atoms with Crippen molar-refractivity contribution in [1.82, 2.24) is 0 Å². The molecular weight excluding hydrogens is 221 g/mol. The van der Waals surface area contributed by atoms with Gasteiger partial charge in [-0.15, -0.1) is 0 Å². The lowest BCUT2D eigenvalue weighted by Gasteiger charge is -2.15. The van der Waals surface area contributed by atoms with Gasteiger partial charge in [-0.1, -0.05) is 6.07 Å². The summed E-state index contributed by atoms with van der Waals surface area (Å²) >= 11 is 0. The fraction of sp³-hybridized carbons (Fsp3) is 0.462. The van der Waals surface area contributed by atoms with Gasteiger partial charge in [0, 0.05) is 11.3 Å². The summed E-state index contributed by atoms with van der Waals surface area (Å²) in [7, 11) is 0. The van der Waals surface area contributed by atoms with Gasteiger partial charge in [0.05, 0.1) is 12.0 Å². The Morgan fingerprint density at radius 3 is 2.88 bits per heavy atom. The first-order valence-corrected chi connectivity index (χ1v) is 5.83. The van der Waals surface area contributed by atoms with Crippen LogP contribution in [0.25, 0.3) is 0 Å². The molecule has 3 nitrogen and oxygen atoms in total. The normalized spacial score (nSPS) is 23.7. The Labute approximate surface area is 99.7 Å². The molecule has 2 unspecified atom stereocenters. The Hall–Kier alpha value is -1.42. The van der Waals surface area contributed by atoms with Gasteiger partial charge in [0.2, 0.25) is 5.91 Å². The summed E-state index contributed by atoms with van der Waals surface area (Å²) in [5.41, 5.74) is 0.905. The van der Waals surface area contributed by atoms with Crippen LogP contribution in [0.5, 0.6) is 0 Å². The van der Waals surface area contributed by atoms with Crippen molar-refractivity contribution in [3.63, 3.8) is 0 Å². The van der Waals surface area contributed by atoms with Crippen LogP contribution in [0.1, 0.15) is 24.8 Å². The van der Waals surface area contributed by atoms with E-state index >= 15 is 0 Å². The topological polar surface area (TPSA) is 49.3 Å². The molecule has 2 N–H and O–H groups in total. The quantitative estimate of drug-likeness (QED) is 0.828. The summed E-state index contributed by atoms with van der Waals surface area (Å²) in [6, 6.07) is 4.58. The zero-order chi connectivity index (χ0) is 12.4. The van der Waals surface area contributed by atoms with Crippen molar-refractivity contribution >= 4 is 11.6 Å². The van der Waals surface area contributed by atoms with Gasteiger partial charge >= 0.3 is 0 Å². The predicted octanol–water partition coefficient (Wildman–Crippen LogP) is 2.23. The zero-order valence-corrected chi connectivity index (χ0v) is 9.74. The number of benzene rings is 1. The van der Waals surface area contributed by atoms with E-state index in [1.54, 1.807) is 19.1 Å². The summed E-state index contributed by atoms with van der Waals surface area (Å²) in [5.74, 6) is -0.920. The van der Waals surface area contributed by atoms with Gasteiger partial charge in [0.25, 0.3) is 0 Å². The average molecular weight is 237 g/mol. The SMILES string of the molecule is Cc1c(F)cccc1NC(=O)C1CCCC1O. The maximum Gasteiger partial charge on any atom is 0.230 e. The average Bonchev–Trinajstić information content (AvgIpc) is 2.71. The van der Waals surface area contributed by atoms with E-state index in [1.165, 1.54) is 6.07 Å². The molecule has 2 rings (SSSR count). The molecule has 2 atom stereocenters. The molecule has 17 heavy (non-hydrogen) atoms. The van der Waals surface area contributed by atoms with E-state index in [0.717, 1.165) is 6.42 Å². The van der Waals surface area contributed by atoms with Crippen molar-refractivity contribution in [3.8, 4) is 0 Å². The van der Waals surface area contributed by atoms with Gasteiger partial charge in [-0.3, -0.25) is 4.79 Å². The van der Waals surface area contributed by atoms with Gasteiger partial charge in [-0.25, -0.2) is 4.39 Å². The largest absolute Gasteiger partial charge is 0.392 e. The molecule has 0 radical (unpaired) electrons. The van der Waals surface area contributed by atoms with E-state index in [-0.39, 0.29) is 17.6 Å². The van der Waals surface area contributed by atoms with Crippen molar-refractivity contribution < 1.29 is 14.3 Å². The van der Waals surface area contributed by atoms with E-state index in [9.17, 15) is 14.3 Å². The zero-order valence-electron chi connectivity index (χ0n) is 9.74. The predicted molar refractivity (Wildman–Crippen MR) is 63.1 cm³/mol. The van der Waals surface area contributed by atoms with E-state index < -0.39 is 6.10 Å². The molecule has 1 amide bonds. The number of nitrogens with one attached hydrogen (secondary N) is 1. The van der Waals surface area contributed by atoms with Crippen LogP contribution in [0, 0.1) is 18.7 Å². The number of hydrogen-bond donors (Lipinski definition) is 2. The second-order valence-corrected chi connectivity index (χ2v) is 4.51. The number of aliphatic hydroxyl groups is 1. The minimum absolute atomic E-state index is 0.219. The van der Waals surface area contributed by atoms with Crippen LogP contribution in [-0.4, -0.2) is 17.1 Å². The van der Waals surface area contributed by atoms with Crippen LogP contribution in [0.3, 0.4) is 0 Å². The summed E-state index contributed by atoms with van der Waals surface area (Å²) < 4.78 is 13.3. The highest BCUT2D eigenvalue weighted by Gasteiger charge is 2.31. The van der Waals surface area contributed by atoms with Gasteiger partial charge in [-0.2, -0.15) is 0 Å². The first-order chi connectivity index (χ1) is 8.09. The number of aliphatic hydroxyl groups excluding tert-OH is 1. The van der Waals surface area contributed by atoms with Gasteiger partial charge in [0.1, 0.15) is 5.82 Å². The fourth-order valence-electron chi connectivity index (χ4n) is 2.21. The minimum atomic E-state index is -0.566. The van der Waals surface area contributed by atoms with Gasteiger partial charge < -0.3 is 10.4 Å². The van der Waals surface area contributed by atoms with E-state index in [0.29, 0.717) is 24.1 Å². The molecule has 1 fully saturated rings. The standard InChI is InChI=1S/C13H16FNO2/c1-8-10(14)5-3-6-11(8)15-13(17)9-4-2-7-12(9)16/h3,5-6,9,12,16H,2,4,7H2,1H3,(H,15,17). The molecule has 0 saturated heterocycles.